The van der Waals surface area contributed by atoms with E-state index in [0.29, 0.717) is 37.2 Å². The van der Waals surface area contributed by atoms with Crippen LogP contribution in [-0.2, 0) is 9.47 Å². The summed E-state index contributed by atoms with van der Waals surface area (Å²) in [6.45, 7) is 10.5. The van der Waals surface area contributed by atoms with Gasteiger partial charge in [-0.3, -0.25) is 4.79 Å². The highest BCUT2D eigenvalue weighted by atomic mass is 16.5. The van der Waals surface area contributed by atoms with Gasteiger partial charge in [-0.25, -0.2) is 4.58 Å². The predicted octanol–water partition coefficient (Wildman–Crippen LogP) is -0.179. The molecule has 0 spiro atoms. The Bertz CT molecular complexity index is 625. The zero-order valence-electron chi connectivity index (χ0n) is 13.7. The van der Waals surface area contributed by atoms with Gasteiger partial charge in [0.1, 0.15) is 17.9 Å². The Morgan fingerprint density at radius 2 is 1.50 bits per heavy atom. The lowest BCUT2D eigenvalue weighted by Gasteiger charge is -2.37. The molecule has 0 amide bonds. The van der Waals surface area contributed by atoms with Crippen LogP contribution >= 0.6 is 0 Å². The minimum atomic E-state index is -0.0555. The van der Waals surface area contributed by atoms with Gasteiger partial charge >= 0.3 is 0 Å². The Hall–Kier alpha value is -1.40. The van der Waals surface area contributed by atoms with Crippen LogP contribution in [0.2, 0.25) is 0 Å². The summed E-state index contributed by atoms with van der Waals surface area (Å²) in [5.74, 6) is 0.132. The van der Waals surface area contributed by atoms with Crippen molar-refractivity contribution < 1.29 is 14.6 Å². The first kappa shape index (κ1) is 15.5. The fourth-order valence-electron chi connectivity index (χ4n) is 3.68. The SMILES string of the molecule is C[C@@H]1CN(c2c(O)c(=[N+]3C[C@@H](C)O[C@@H](C)C3)c2=O)C[C@H](C)O1. The van der Waals surface area contributed by atoms with Crippen LogP contribution in [0.3, 0.4) is 0 Å². The quantitative estimate of drug-likeness (QED) is 0.729. The van der Waals surface area contributed by atoms with Crippen LogP contribution in [0.1, 0.15) is 27.7 Å². The van der Waals surface area contributed by atoms with Crippen LogP contribution in [0.25, 0.3) is 0 Å². The Balaban J connectivity index is 1.93. The number of rotatable bonds is 1. The average molecular weight is 309 g/mol. The van der Waals surface area contributed by atoms with E-state index in [-0.39, 0.29) is 35.6 Å². The zero-order chi connectivity index (χ0) is 16.0. The van der Waals surface area contributed by atoms with E-state index >= 15 is 0 Å². The molecule has 3 rings (SSSR count). The molecular formula is C16H25N2O4+. The lowest BCUT2D eigenvalue weighted by atomic mass is 10.1. The molecule has 6 heteroatoms. The van der Waals surface area contributed by atoms with Gasteiger partial charge in [0.2, 0.25) is 5.75 Å². The highest BCUT2D eigenvalue weighted by molar-refractivity contribution is 5.63. The number of hydrogen-bond acceptors (Lipinski definition) is 5. The number of aromatic hydroxyl groups is 1. The monoisotopic (exact) mass is 309 g/mol. The smallest absolute Gasteiger partial charge is 0.294 e. The summed E-state index contributed by atoms with van der Waals surface area (Å²) in [6.07, 6.45) is 0.238. The van der Waals surface area contributed by atoms with Gasteiger partial charge in [0.25, 0.3) is 10.8 Å². The van der Waals surface area contributed by atoms with E-state index < -0.39 is 0 Å². The normalized spacial score (nSPS) is 35.9. The molecular weight excluding hydrogens is 284 g/mol. The largest absolute Gasteiger partial charge is 0.501 e. The van der Waals surface area contributed by atoms with Crippen LogP contribution in [0.5, 0.6) is 5.75 Å². The van der Waals surface area contributed by atoms with Crippen molar-refractivity contribution in [2.45, 2.75) is 52.1 Å². The highest BCUT2D eigenvalue weighted by Gasteiger charge is 2.36. The molecule has 2 aliphatic heterocycles. The van der Waals surface area contributed by atoms with E-state index in [1.54, 1.807) is 0 Å². The molecule has 0 unspecified atom stereocenters. The Labute approximate surface area is 130 Å². The van der Waals surface area contributed by atoms with Gasteiger partial charge in [-0.1, -0.05) is 0 Å². The molecule has 2 aliphatic rings. The van der Waals surface area contributed by atoms with Gasteiger partial charge in [-0.15, -0.1) is 0 Å². The second-order valence-corrected chi connectivity index (χ2v) is 6.70. The summed E-state index contributed by atoms with van der Waals surface area (Å²) >= 11 is 0. The van der Waals surface area contributed by atoms with Crippen LogP contribution < -0.4 is 20.3 Å². The van der Waals surface area contributed by atoms with Crippen molar-refractivity contribution in [1.29, 1.82) is 0 Å². The maximum absolute atomic E-state index is 12.6. The average Bonchev–Trinajstić information content (AvgIpc) is 2.36. The maximum atomic E-state index is 12.6. The number of anilines is 1. The molecule has 22 heavy (non-hydrogen) atoms. The number of morpholine rings is 2. The van der Waals surface area contributed by atoms with E-state index in [9.17, 15) is 9.90 Å². The molecule has 1 aromatic rings. The van der Waals surface area contributed by atoms with Crippen molar-refractivity contribution in [2.75, 3.05) is 31.1 Å². The van der Waals surface area contributed by atoms with Gasteiger partial charge in [-0.05, 0) is 27.7 Å². The van der Waals surface area contributed by atoms with Crippen LogP contribution in [0.15, 0.2) is 4.79 Å². The fourth-order valence-corrected chi connectivity index (χ4v) is 3.68. The molecule has 4 atom stereocenters. The summed E-state index contributed by atoms with van der Waals surface area (Å²) in [6, 6.07) is 0. The Morgan fingerprint density at radius 1 is 1.00 bits per heavy atom. The van der Waals surface area contributed by atoms with Gasteiger partial charge in [0.15, 0.2) is 13.1 Å². The first-order valence-corrected chi connectivity index (χ1v) is 8.03. The molecule has 2 fully saturated rings. The molecule has 0 radical (unpaired) electrons. The van der Waals surface area contributed by atoms with Gasteiger partial charge in [0, 0.05) is 13.1 Å². The van der Waals surface area contributed by atoms with E-state index in [0.717, 1.165) is 0 Å². The molecule has 122 valence electrons. The summed E-state index contributed by atoms with van der Waals surface area (Å²) in [5.41, 5.74) is 0.392. The minimum absolute atomic E-state index is 0.0555. The summed E-state index contributed by atoms with van der Waals surface area (Å²) in [5, 5.41) is 10.9. The Kier molecular flexibility index (Phi) is 3.99. The van der Waals surface area contributed by atoms with Gasteiger partial charge < -0.3 is 19.5 Å². The van der Waals surface area contributed by atoms with Crippen LogP contribution in [0.4, 0.5) is 5.69 Å². The standard InChI is InChI=1S/C16H24N2O4/c1-9-5-17(6-10(2)21-9)13-15(19)14(16(13)20)18-7-11(3)22-12(4)8-18/h9-12H,5-8H2,1-4H3/p+1/t9-,10+,11-,12+. The van der Waals surface area contributed by atoms with E-state index in [2.05, 4.69) is 0 Å². The molecule has 0 bridgehead atoms. The molecule has 6 nitrogen and oxygen atoms in total. The van der Waals surface area contributed by atoms with Gasteiger partial charge in [-0.2, -0.15) is 0 Å². The third kappa shape index (κ3) is 2.65. The second-order valence-electron chi connectivity index (χ2n) is 6.70. The molecule has 2 heterocycles. The third-order valence-corrected chi connectivity index (χ3v) is 4.35. The maximum Gasteiger partial charge on any atom is 0.294 e. The molecule has 2 saturated heterocycles. The zero-order valence-corrected chi connectivity index (χ0v) is 13.7. The van der Waals surface area contributed by atoms with Crippen molar-refractivity contribution in [1.82, 2.24) is 4.58 Å². The van der Waals surface area contributed by atoms with Crippen LogP contribution in [0, 0.1) is 0 Å². The summed E-state index contributed by atoms with van der Waals surface area (Å²) in [4.78, 5) is 14.5. The Morgan fingerprint density at radius 3 is 2.00 bits per heavy atom. The van der Waals surface area contributed by atoms with Gasteiger partial charge in [0.05, 0.1) is 12.2 Å². The van der Waals surface area contributed by atoms with Crippen LogP contribution in [-0.4, -0.2) is 55.7 Å². The lowest BCUT2D eigenvalue weighted by molar-refractivity contribution is -0.0266. The molecule has 0 aliphatic carbocycles. The molecule has 0 saturated carbocycles. The van der Waals surface area contributed by atoms with E-state index in [1.807, 2.05) is 37.2 Å². The predicted molar refractivity (Wildman–Crippen MR) is 84.0 cm³/mol. The van der Waals surface area contributed by atoms with E-state index in [1.165, 1.54) is 0 Å². The molecule has 0 aromatic heterocycles. The van der Waals surface area contributed by atoms with Crippen molar-refractivity contribution in [3.63, 3.8) is 0 Å². The molecule has 1 aromatic carbocycles. The summed E-state index contributed by atoms with van der Waals surface area (Å²) < 4.78 is 13.3. The number of nitrogens with zero attached hydrogens (tertiary/aromatic N) is 2. The minimum Gasteiger partial charge on any atom is -0.501 e. The van der Waals surface area contributed by atoms with Crippen molar-refractivity contribution in [3.05, 3.63) is 15.6 Å². The number of ether oxygens (including phenoxy) is 2. The third-order valence-electron chi connectivity index (χ3n) is 4.35. The lowest BCUT2D eigenvalue weighted by Crippen LogP contribution is -2.56. The second kappa shape index (κ2) is 5.66. The highest BCUT2D eigenvalue weighted by Crippen LogP contribution is 2.25. The van der Waals surface area contributed by atoms with Crippen molar-refractivity contribution >= 4 is 5.69 Å². The first-order chi connectivity index (χ1) is 10.4. The van der Waals surface area contributed by atoms with Crippen molar-refractivity contribution in [3.8, 4) is 5.75 Å². The molecule has 1 N–H and O–H groups in total. The fraction of sp³-hybridized carbons (Fsp3) is 0.750. The first-order valence-electron chi connectivity index (χ1n) is 8.03. The topological polar surface area (TPSA) is 62.0 Å². The number of hydrogen-bond donors (Lipinski definition) is 1. The van der Waals surface area contributed by atoms with Crippen molar-refractivity contribution in [2.24, 2.45) is 0 Å². The van der Waals surface area contributed by atoms with E-state index in [4.69, 9.17) is 9.47 Å². The summed E-state index contributed by atoms with van der Waals surface area (Å²) in [7, 11) is 0.